The Morgan fingerprint density at radius 1 is 1.14 bits per heavy atom. The summed E-state index contributed by atoms with van der Waals surface area (Å²) in [5, 5.41) is 15.9. The van der Waals surface area contributed by atoms with Crippen LogP contribution in [-0.4, -0.2) is 74.0 Å². The number of nitrogens with zero attached hydrogens (tertiary/aromatic N) is 5. The molecule has 2 aromatic carbocycles. The number of halogens is 2. The molecule has 2 aliphatic rings. The number of nitrogens with one attached hydrogen (secondary N) is 2. The molecule has 1 aromatic heterocycles. The number of aromatic nitrogens is 4. The van der Waals surface area contributed by atoms with E-state index in [1.54, 1.807) is 24.3 Å². The summed E-state index contributed by atoms with van der Waals surface area (Å²) in [5.74, 6) is -0.664. The Morgan fingerprint density at radius 3 is 2.58 bits per heavy atom. The molecule has 2 fully saturated rings. The van der Waals surface area contributed by atoms with Crippen LogP contribution in [0.3, 0.4) is 0 Å². The van der Waals surface area contributed by atoms with Crippen molar-refractivity contribution in [1.82, 2.24) is 30.4 Å². The van der Waals surface area contributed by atoms with Crippen LogP contribution in [0.2, 0.25) is 5.02 Å². The molecule has 2 atom stereocenters. The Kier molecular flexibility index (Phi) is 7.10. The van der Waals surface area contributed by atoms with E-state index >= 15 is 0 Å². The number of carbonyl (C=O) groups is 2. The molecule has 2 unspecified atom stereocenters. The lowest BCUT2D eigenvalue weighted by Crippen LogP contribution is -2.63. The van der Waals surface area contributed by atoms with E-state index in [1.165, 1.54) is 18.2 Å². The number of rotatable bonds is 7. The third-order valence-corrected chi connectivity index (χ3v) is 6.75. The van der Waals surface area contributed by atoms with Gasteiger partial charge in [-0.05, 0) is 60.4 Å². The molecule has 2 N–H and O–H groups in total. The van der Waals surface area contributed by atoms with Gasteiger partial charge >= 0.3 is 0 Å². The molecule has 0 radical (unpaired) electrons. The number of anilines is 1. The van der Waals surface area contributed by atoms with Gasteiger partial charge in [-0.1, -0.05) is 28.8 Å². The van der Waals surface area contributed by atoms with Crippen LogP contribution in [-0.2, 0) is 11.3 Å². The van der Waals surface area contributed by atoms with E-state index in [1.807, 2.05) is 4.90 Å². The zero-order chi connectivity index (χ0) is 25.1. The van der Waals surface area contributed by atoms with Gasteiger partial charge < -0.3 is 9.64 Å². The number of amides is 2. The van der Waals surface area contributed by atoms with Crippen LogP contribution in [0.15, 0.2) is 42.5 Å². The Hall–Kier alpha value is -3.57. The first-order chi connectivity index (χ1) is 17.5. The van der Waals surface area contributed by atoms with Crippen molar-refractivity contribution in [2.24, 2.45) is 0 Å². The highest BCUT2D eigenvalue weighted by Crippen LogP contribution is 2.30. The van der Waals surface area contributed by atoms with Gasteiger partial charge in [-0.2, -0.15) is 5.21 Å². The van der Waals surface area contributed by atoms with Crippen molar-refractivity contribution in [3.63, 3.8) is 0 Å². The summed E-state index contributed by atoms with van der Waals surface area (Å²) >= 11 is 6.09. The number of benzene rings is 2. The lowest BCUT2D eigenvalue weighted by Gasteiger charge is -2.50. The first kappa shape index (κ1) is 24.1. The molecular formula is C24H25ClFN7O3. The zero-order valence-corrected chi connectivity index (χ0v) is 20.1. The van der Waals surface area contributed by atoms with E-state index in [9.17, 15) is 14.0 Å². The predicted octanol–water partition coefficient (Wildman–Crippen LogP) is 2.89. The molecule has 188 valence electrons. The molecule has 2 bridgehead atoms. The number of likely N-dealkylation sites (tertiary alicyclic amines) is 1. The van der Waals surface area contributed by atoms with Crippen molar-refractivity contribution in [3.05, 3.63) is 64.4 Å². The molecule has 0 spiro atoms. The van der Waals surface area contributed by atoms with Crippen molar-refractivity contribution in [1.29, 1.82) is 0 Å². The minimum absolute atomic E-state index is 0.00772. The second kappa shape index (κ2) is 10.6. The highest BCUT2D eigenvalue weighted by molar-refractivity contribution is 6.31. The summed E-state index contributed by atoms with van der Waals surface area (Å²) in [6.45, 7) is 2.02. The first-order valence-corrected chi connectivity index (χ1v) is 12.1. The minimum atomic E-state index is -0.535. The van der Waals surface area contributed by atoms with E-state index < -0.39 is 5.91 Å². The number of H-pyrrole nitrogens is 1. The highest BCUT2D eigenvalue weighted by Gasteiger charge is 2.40. The Labute approximate surface area is 211 Å². The second-order valence-electron chi connectivity index (χ2n) is 8.98. The number of ether oxygens (including phenoxy) is 1. The normalized spacial score (nSPS) is 19.7. The van der Waals surface area contributed by atoms with E-state index in [2.05, 4.69) is 30.8 Å². The van der Waals surface area contributed by atoms with Crippen LogP contribution in [0.25, 0.3) is 0 Å². The van der Waals surface area contributed by atoms with Crippen molar-refractivity contribution in [2.45, 2.75) is 37.9 Å². The van der Waals surface area contributed by atoms with Crippen LogP contribution in [0.1, 0.15) is 35.2 Å². The predicted molar refractivity (Wildman–Crippen MR) is 129 cm³/mol. The summed E-state index contributed by atoms with van der Waals surface area (Å²) < 4.78 is 19.1. The molecule has 3 aromatic rings. The molecule has 2 saturated heterocycles. The average molecular weight is 514 g/mol. The maximum atomic E-state index is 13.3. The third kappa shape index (κ3) is 5.47. The van der Waals surface area contributed by atoms with Gasteiger partial charge in [0.1, 0.15) is 11.6 Å². The number of piperazine rings is 1. The van der Waals surface area contributed by atoms with Crippen molar-refractivity contribution in [3.8, 4) is 5.75 Å². The number of piperidine rings is 1. The Bertz CT molecular complexity index is 1210. The molecule has 5 rings (SSSR count). The summed E-state index contributed by atoms with van der Waals surface area (Å²) in [4.78, 5) is 30.2. The molecule has 12 heteroatoms. The molecule has 3 heterocycles. The van der Waals surface area contributed by atoms with E-state index in [0.717, 1.165) is 44.5 Å². The van der Waals surface area contributed by atoms with E-state index in [-0.39, 0.29) is 47.7 Å². The maximum absolute atomic E-state index is 13.3. The topological polar surface area (TPSA) is 116 Å². The van der Waals surface area contributed by atoms with Gasteiger partial charge in [0.25, 0.3) is 17.8 Å². The molecule has 2 aliphatic heterocycles. The summed E-state index contributed by atoms with van der Waals surface area (Å²) in [6, 6.07) is 11.3. The summed E-state index contributed by atoms with van der Waals surface area (Å²) in [6.07, 6.45) is 2.91. The largest absolute Gasteiger partial charge is 0.483 e. The monoisotopic (exact) mass is 513 g/mol. The number of tetrazole rings is 1. The number of fused-ring (bicyclic) bond motifs is 2. The number of hydrogen-bond acceptors (Lipinski definition) is 7. The van der Waals surface area contributed by atoms with Crippen LogP contribution >= 0.6 is 11.6 Å². The van der Waals surface area contributed by atoms with Crippen molar-refractivity contribution < 1.29 is 18.7 Å². The fourth-order valence-electron chi connectivity index (χ4n) is 4.98. The standard InChI is InChI=1S/C24H25ClFN7O3/c25-16-6-9-21(20(10-16)23(35)27-24-28-30-31-29-24)36-14-22(34)33-18-2-1-3-19(33)13-32(12-18)11-15-4-7-17(26)8-5-15/h4-10,18-19H,1-3,11-14H2,(H2,27,28,29,30,31,35). The lowest BCUT2D eigenvalue weighted by molar-refractivity contribution is -0.145. The number of carbonyl (C=O) groups excluding carboxylic acids is 2. The Balaban J connectivity index is 1.23. The van der Waals surface area contributed by atoms with Gasteiger partial charge in [0.2, 0.25) is 0 Å². The number of hydrogen-bond donors (Lipinski definition) is 2. The molecule has 0 aliphatic carbocycles. The van der Waals surface area contributed by atoms with Crippen LogP contribution < -0.4 is 10.1 Å². The smallest absolute Gasteiger partial charge is 0.270 e. The summed E-state index contributed by atoms with van der Waals surface area (Å²) in [7, 11) is 0. The van der Waals surface area contributed by atoms with Gasteiger partial charge in [-0.25, -0.2) is 4.39 Å². The second-order valence-corrected chi connectivity index (χ2v) is 9.42. The lowest BCUT2D eigenvalue weighted by atomic mass is 9.91. The van der Waals surface area contributed by atoms with Crippen LogP contribution in [0.4, 0.5) is 10.3 Å². The molecule has 36 heavy (non-hydrogen) atoms. The SMILES string of the molecule is O=C(Nc1nn[nH]n1)c1cc(Cl)ccc1OCC(=O)N1C2CCCC1CN(Cc1ccc(F)cc1)C2. The van der Waals surface area contributed by atoms with Gasteiger partial charge in [-0.15, -0.1) is 5.10 Å². The Morgan fingerprint density at radius 2 is 1.89 bits per heavy atom. The molecular weight excluding hydrogens is 489 g/mol. The van der Waals surface area contributed by atoms with Crippen molar-refractivity contribution >= 4 is 29.4 Å². The van der Waals surface area contributed by atoms with Gasteiger partial charge in [0, 0.05) is 36.7 Å². The van der Waals surface area contributed by atoms with Gasteiger partial charge in [0.05, 0.1) is 5.56 Å². The molecule has 0 saturated carbocycles. The van der Waals surface area contributed by atoms with E-state index in [0.29, 0.717) is 5.02 Å². The van der Waals surface area contributed by atoms with E-state index in [4.69, 9.17) is 16.3 Å². The van der Waals surface area contributed by atoms with Crippen LogP contribution in [0.5, 0.6) is 5.75 Å². The van der Waals surface area contributed by atoms with Gasteiger partial charge in [0.15, 0.2) is 6.61 Å². The minimum Gasteiger partial charge on any atom is -0.483 e. The quantitative estimate of drug-likeness (QED) is 0.499. The maximum Gasteiger partial charge on any atom is 0.270 e. The highest BCUT2D eigenvalue weighted by atomic mass is 35.5. The fraction of sp³-hybridized carbons (Fsp3) is 0.375. The van der Waals surface area contributed by atoms with Crippen molar-refractivity contribution in [2.75, 3.05) is 25.0 Å². The fourth-order valence-corrected chi connectivity index (χ4v) is 5.15. The summed E-state index contributed by atoms with van der Waals surface area (Å²) in [5.41, 5.74) is 1.20. The molecule has 10 nitrogen and oxygen atoms in total. The average Bonchev–Trinajstić information content (AvgIpc) is 3.37. The number of aromatic amines is 1. The third-order valence-electron chi connectivity index (χ3n) is 6.51. The first-order valence-electron chi connectivity index (χ1n) is 11.7. The molecule has 2 amide bonds. The zero-order valence-electron chi connectivity index (χ0n) is 19.4. The van der Waals surface area contributed by atoms with Crippen LogP contribution in [0, 0.1) is 5.82 Å². The van der Waals surface area contributed by atoms with Gasteiger partial charge in [-0.3, -0.25) is 19.8 Å².